The third-order valence-corrected chi connectivity index (χ3v) is 3.24. The van der Waals surface area contributed by atoms with Gasteiger partial charge in [0.1, 0.15) is 0 Å². The molecule has 0 aliphatic carbocycles. The molecular weight excluding hydrogens is 316 g/mol. The lowest BCUT2D eigenvalue weighted by molar-refractivity contribution is -0.123. The van der Waals surface area contributed by atoms with E-state index in [1.165, 1.54) is 0 Å². The van der Waals surface area contributed by atoms with Crippen LogP contribution in [0.5, 0.6) is 0 Å². The Morgan fingerprint density at radius 2 is 0.958 bits per heavy atom. The lowest BCUT2D eigenvalue weighted by atomic mass is 9.92. The van der Waals surface area contributed by atoms with E-state index >= 15 is 0 Å². The first-order valence-electron chi connectivity index (χ1n) is 8.42. The molecule has 0 aromatic heterocycles. The molecule has 0 amide bonds. The summed E-state index contributed by atoms with van der Waals surface area (Å²) >= 11 is 0. The molecule has 24 heavy (non-hydrogen) atoms. The van der Waals surface area contributed by atoms with Crippen LogP contribution >= 0.6 is 0 Å². The van der Waals surface area contributed by atoms with Gasteiger partial charge in [-0.3, -0.25) is 0 Å². The largest absolute Gasteiger partial charge is 0.382 e. The van der Waals surface area contributed by atoms with Gasteiger partial charge < -0.3 is 33.2 Å². The van der Waals surface area contributed by atoms with Gasteiger partial charge in [0, 0.05) is 21.3 Å². The van der Waals surface area contributed by atoms with Crippen LogP contribution in [0, 0.1) is 5.41 Å². The first kappa shape index (κ1) is 23.7. The summed E-state index contributed by atoms with van der Waals surface area (Å²) in [5, 5.41) is 0. The minimum atomic E-state index is -0.376. The molecular formula is C17H36O7. The average molecular weight is 352 g/mol. The molecule has 7 heteroatoms. The predicted molar refractivity (Wildman–Crippen MR) is 91.6 cm³/mol. The van der Waals surface area contributed by atoms with Gasteiger partial charge in [-0.2, -0.15) is 0 Å². The molecule has 0 unspecified atom stereocenters. The molecule has 0 atom stereocenters. The minimum absolute atomic E-state index is 0.126. The number of hydrogen-bond acceptors (Lipinski definition) is 7. The Morgan fingerprint density at radius 1 is 0.583 bits per heavy atom. The van der Waals surface area contributed by atoms with Crippen LogP contribution in [0.25, 0.3) is 0 Å². The van der Waals surface area contributed by atoms with Crippen LogP contribution in [0.15, 0.2) is 0 Å². The highest BCUT2D eigenvalue weighted by Gasteiger charge is 2.33. The van der Waals surface area contributed by atoms with Gasteiger partial charge in [-0.05, 0) is 13.8 Å². The van der Waals surface area contributed by atoms with Gasteiger partial charge in [0.25, 0.3) is 0 Å². The van der Waals surface area contributed by atoms with Gasteiger partial charge in [-0.1, -0.05) is 0 Å². The zero-order valence-corrected chi connectivity index (χ0v) is 16.0. The summed E-state index contributed by atoms with van der Waals surface area (Å²) in [6.07, 6.45) is 0.126. The van der Waals surface area contributed by atoms with Gasteiger partial charge in [-0.25, -0.2) is 0 Å². The molecule has 0 saturated carbocycles. The maximum absolute atomic E-state index is 5.84. The Morgan fingerprint density at radius 3 is 1.25 bits per heavy atom. The average Bonchev–Trinajstić information content (AvgIpc) is 2.57. The van der Waals surface area contributed by atoms with Crippen LogP contribution in [-0.4, -0.2) is 93.5 Å². The monoisotopic (exact) mass is 352 g/mol. The Bertz CT molecular complexity index is 230. The molecule has 0 rings (SSSR count). The summed E-state index contributed by atoms with van der Waals surface area (Å²) in [5.41, 5.74) is -0.376. The zero-order valence-electron chi connectivity index (χ0n) is 16.0. The standard InChI is InChI=1S/C17H36O7/c1-16(2)24-15-17(12-21-9-6-18-3,13-22-10-7-19-4)14-23-11-8-20-5/h16H,6-15H2,1-5H3. The van der Waals surface area contributed by atoms with E-state index < -0.39 is 0 Å². The summed E-state index contributed by atoms with van der Waals surface area (Å²) in [7, 11) is 4.96. The Balaban J connectivity index is 4.65. The SMILES string of the molecule is COCCOCC(COCCOC)(COCCOC)COC(C)C. The van der Waals surface area contributed by atoms with E-state index in [1.54, 1.807) is 21.3 Å². The molecule has 0 saturated heterocycles. The van der Waals surface area contributed by atoms with E-state index in [2.05, 4.69) is 0 Å². The molecule has 146 valence electrons. The molecule has 0 aromatic carbocycles. The van der Waals surface area contributed by atoms with Crippen LogP contribution < -0.4 is 0 Å². The molecule has 0 N–H and O–H groups in total. The molecule has 0 bridgehead atoms. The summed E-state index contributed by atoms with van der Waals surface area (Å²) < 4.78 is 38.2. The Labute approximate surface area is 146 Å². The Hall–Kier alpha value is -0.280. The third kappa shape index (κ3) is 13.1. The topological polar surface area (TPSA) is 64.6 Å². The fourth-order valence-electron chi connectivity index (χ4n) is 1.89. The van der Waals surface area contributed by atoms with Crippen LogP contribution in [-0.2, 0) is 33.2 Å². The molecule has 0 aliphatic rings. The van der Waals surface area contributed by atoms with E-state index in [0.29, 0.717) is 66.1 Å². The van der Waals surface area contributed by atoms with Crippen LogP contribution in [0.2, 0.25) is 0 Å². The molecule has 0 fully saturated rings. The van der Waals surface area contributed by atoms with E-state index in [-0.39, 0.29) is 11.5 Å². The van der Waals surface area contributed by atoms with E-state index in [0.717, 1.165) is 0 Å². The second kappa shape index (κ2) is 16.2. The fourth-order valence-corrected chi connectivity index (χ4v) is 1.89. The summed E-state index contributed by atoms with van der Waals surface area (Å²) in [6, 6.07) is 0. The van der Waals surface area contributed by atoms with Crippen LogP contribution in [0.4, 0.5) is 0 Å². The van der Waals surface area contributed by atoms with E-state index in [1.807, 2.05) is 13.8 Å². The van der Waals surface area contributed by atoms with Crippen molar-refractivity contribution in [3.8, 4) is 0 Å². The maximum Gasteiger partial charge on any atom is 0.0700 e. The molecule has 0 spiro atoms. The second-order valence-electron chi connectivity index (χ2n) is 6.00. The first-order valence-corrected chi connectivity index (χ1v) is 8.42. The van der Waals surface area contributed by atoms with Crippen molar-refractivity contribution in [2.45, 2.75) is 20.0 Å². The van der Waals surface area contributed by atoms with Gasteiger partial charge in [0.05, 0.1) is 77.6 Å². The smallest absolute Gasteiger partial charge is 0.0700 e. The van der Waals surface area contributed by atoms with E-state index in [4.69, 9.17) is 33.2 Å². The third-order valence-electron chi connectivity index (χ3n) is 3.24. The van der Waals surface area contributed by atoms with E-state index in [9.17, 15) is 0 Å². The normalized spacial score (nSPS) is 12.2. The highest BCUT2D eigenvalue weighted by molar-refractivity contribution is 4.80. The highest BCUT2D eigenvalue weighted by Crippen LogP contribution is 2.21. The minimum Gasteiger partial charge on any atom is -0.382 e. The van der Waals surface area contributed by atoms with Crippen LogP contribution in [0.1, 0.15) is 13.8 Å². The van der Waals surface area contributed by atoms with Crippen molar-refractivity contribution in [3.05, 3.63) is 0 Å². The highest BCUT2D eigenvalue weighted by atomic mass is 16.5. The summed E-state index contributed by atoms with van der Waals surface area (Å²) in [4.78, 5) is 0. The number of rotatable bonds is 18. The lowest BCUT2D eigenvalue weighted by Gasteiger charge is -2.33. The van der Waals surface area contributed by atoms with Crippen molar-refractivity contribution in [1.29, 1.82) is 0 Å². The second-order valence-corrected chi connectivity index (χ2v) is 6.00. The zero-order chi connectivity index (χ0) is 18.1. The molecule has 0 aromatic rings. The summed E-state index contributed by atoms with van der Waals surface area (Å²) in [6.45, 7) is 9.17. The maximum atomic E-state index is 5.84. The predicted octanol–water partition coefficient (Wildman–Crippen LogP) is 1.39. The lowest BCUT2D eigenvalue weighted by Crippen LogP contribution is -2.43. The molecule has 0 heterocycles. The van der Waals surface area contributed by atoms with Crippen molar-refractivity contribution >= 4 is 0 Å². The van der Waals surface area contributed by atoms with Crippen molar-refractivity contribution in [2.24, 2.45) is 5.41 Å². The van der Waals surface area contributed by atoms with Gasteiger partial charge in [0.15, 0.2) is 0 Å². The molecule has 0 aliphatic heterocycles. The first-order chi connectivity index (χ1) is 11.6. The van der Waals surface area contributed by atoms with Crippen LogP contribution in [0.3, 0.4) is 0 Å². The number of methoxy groups -OCH3 is 3. The fraction of sp³-hybridized carbons (Fsp3) is 1.00. The molecule has 7 nitrogen and oxygen atoms in total. The quantitative estimate of drug-likeness (QED) is 0.345. The van der Waals surface area contributed by atoms with Crippen molar-refractivity contribution in [2.75, 3.05) is 87.4 Å². The van der Waals surface area contributed by atoms with Gasteiger partial charge in [-0.15, -0.1) is 0 Å². The van der Waals surface area contributed by atoms with Crippen molar-refractivity contribution in [1.82, 2.24) is 0 Å². The van der Waals surface area contributed by atoms with Gasteiger partial charge >= 0.3 is 0 Å². The summed E-state index contributed by atoms with van der Waals surface area (Å²) in [5.74, 6) is 0. The van der Waals surface area contributed by atoms with Gasteiger partial charge in [0.2, 0.25) is 0 Å². The molecule has 0 radical (unpaired) electrons. The Kier molecular flexibility index (Phi) is 16.0. The van der Waals surface area contributed by atoms with Crippen molar-refractivity contribution < 1.29 is 33.2 Å². The number of hydrogen-bond donors (Lipinski definition) is 0. The number of ether oxygens (including phenoxy) is 7. The van der Waals surface area contributed by atoms with Crippen molar-refractivity contribution in [3.63, 3.8) is 0 Å².